The SMILES string of the molecule is C.C[C@@H](O)[C@H](NC(=O)c1ccc(C#Cc2ccc(C(=O)NC(CC(N)=O)C(=O)O)cc2)cc1)C(=O)NO. The molecule has 0 heterocycles. The topological polar surface area (TPSA) is 208 Å². The van der Waals surface area contributed by atoms with Gasteiger partial charge in [0.05, 0.1) is 12.5 Å². The molecule has 0 bridgehead atoms. The van der Waals surface area contributed by atoms with E-state index in [0.29, 0.717) is 11.1 Å². The van der Waals surface area contributed by atoms with Gasteiger partial charge in [0.15, 0.2) is 0 Å². The van der Waals surface area contributed by atoms with Crippen molar-refractivity contribution in [3.63, 3.8) is 0 Å². The van der Waals surface area contributed by atoms with Gasteiger partial charge in [-0.1, -0.05) is 19.3 Å². The minimum atomic E-state index is -1.44. The third-order valence-electron chi connectivity index (χ3n) is 4.82. The number of carbonyl (C=O) groups is 5. The lowest BCUT2D eigenvalue weighted by molar-refractivity contribution is -0.141. The van der Waals surface area contributed by atoms with Crippen LogP contribution in [-0.4, -0.2) is 63.2 Å². The van der Waals surface area contributed by atoms with E-state index in [9.17, 15) is 29.1 Å². The van der Waals surface area contributed by atoms with E-state index in [1.54, 1.807) is 24.3 Å². The number of aliphatic carboxylic acids is 1. The second-order valence-corrected chi connectivity index (χ2v) is 7.61. The maximum Gasteiger partial charge on any atom is 0.326 e. The number of hydrogen-bond donors (Lipinski definition) is 7. The normalized spacial score (nSPS) is 12.3. The Balaban J connectivity index is 0.00000684. The zero-order valence-corrected chi connectivity index (χ0v) is 19.0. The lowest BCUT2D eigenvalue weighted by Gasteiger charge is -2.19. The summed E-state index contributed by atoms with van der Waals surface area (Å²) in [5, 5.41) is 31.9. The molecule has 2 aromatic rings. The van der Waals surface area contributed by atoms with Crippen LogP contribution < -0.4 is 21.8 Å². The third-order valence-corrected chi connectivity index (χ3v) is 4.82. The molecule has 2 aromatic carbocycles. The van der Waals surface area contributed by atoms with Gasteiger partial charge in [0, 0.05) is 22.3 Å². The monoisotopic (exact) mass is 512 g/mol. The van der Waals surface area contributed by atoms with Crippen LogP contribution in [0.1, 0.15) is 52.6 Å². The number of aliphatic hydroxyl groups is 1. The molecule has 196 valence electrons. The first kappa shape index (κ1) is 30.3. The highest BCUT2D eigenvalue weighted by molar-refractivity contribution is 5.98. The van der Waals surface area contributed by atoms with Crippen LogP contribution in [0.4, 0.5) is 0 Å². The number of benzene rings is 2. The summed E-state index contributed by atoms with van der Waals surface area (Å²) in [6, 6.07) is 9.27. The molecule has 8 N–H and O–H groups in total. The van der Waals surface area contributed by atoms with Crippen molar-refractivity contribution in [2.24, 2.45) is 5.73 Å². The van der Waals surface area contributed by atoms with Gasteiger partial charge in [-0.25, -0.2) is 10.3 Å². The molecule has 37 heavy (non-hydrogen) atoms. The molecule has 12 heteroatoms. The van der Waals surface area contributed by atoms with Gasteiger partial charge in [-0.3, -0.25) is 24.4 Å². The number of amides is 4. The molecule has 4 amide bonds. The lowest BCUT2D eigenvalue weighted by Crippen LogP contribution is -2.51. The molecular formula is C25H28N4O8. The summed E-state index contributed by atoms with van der Waals surface area (Å²) < 4.78 is 0. The summed E-state index contributed by atoms with van der Waals surface area (Å²) in [5.74, 6) is 1.23. The maximum atomic E-state index is 12.3. The molecule has 0 aliphatic rings. The van der Waals surface area contributed by atoms with E-state index in [0.717, 1.165) is 0 Å². The van der Waals surface area contributed by atoms with Gasteiger partial charge in [-0.05, 0) is 55.5 Å². The summed E-state index contributed by atoms with van der Waals surface area (Å²) in [7, 11) is 0. The molecule has 0 aliphatic heterocycles. The Morgan fingerprint density at radius 2 is 1.30 bits per heavy atom. The third kappa shape index (κ3) is 9.10. The van der Waals surface area contributed by atoms with Crippen molar-refractivity contribution in [2.75, 3.05) is 0 Å². The number of carboxylic acids is 1. The molecule has 0 saturated carbocycles. The van der Waals surface area contributed by atoms with Crippen molar-refractivity contribution in [1.82, 2.24) is 16.1 Å². The number of rotatable bonds is 9. The molecular weight excluding hydrogens is 484 g/mol. The van der Waals surface area contributed by atoms with Crippen molar-refractivity contribution in [1.29, 1.82) is 0 Å². The minimum Gasteiger partial charge on any atom is -0.480 e. The van der Waals surface area contributed by atoms with Crippen LogP contribution in [-0.2, 0) is 14.4 Å². The predicted octanol–water partition coefficient (Wildman–Crippen LogP) is -0.234. The van der Waals surface area contributed by atoms with Gasteiger partial charge >= 0.3 is 5.97 Å². The summed E-state index contributed by atoms with van der Waals surface area (Å²) in [6.45, 7) is 1.29. The van der Waals surface area contributed by atoms with Crippen molar-refractivity contribution in [2.45, 2.75) is 39.0 Å². The average molecular weight is 513 g/mol. The van der Waals surface area contributed by atoms with Crippen LogP contribution in [0.5, 0.6) is 0 Å². The van der Waals surface area contributed by atoms with Crippen molar-refractivity contribution in [3.8, 4) is 11.8 Å². The largest absolute Gasteiger partial charge is 0.480 e. The molecule has 0 radical (unpaired) electrons. The second kappa shape index (κ2) is 14.0. The first-order valence-corrected chi connectivity index (χ1v) is 10.5. The first-order chi connectivity index (χ1) is 17.0. The number of carbonyl (C=O) groups excluding carboxylic acids is 4. The van der Waals surface area contributed by atoms with Gasteiger partial charge in [-0.15, -0.1) is 0 Å². The van der Waals surface area contributed by atoms with Gasteiger partial charge in [0.25, 0.3) is 17.7 Å². The van der Waals surface area contributed by atoms with Gasteiger partial charge in [0.2, 0.25) is 5.91 Å². The Bertz CT molecular complexity index is 1200. The van der Waals surface area contributed by atoms with E-state index in [1.807, 2.05) is 0 Å². The predicted molar refractivity (Wildman–Crippen MR) is 131 cm³/mol. The highest BCUT2D eigenvalue weighted by atomic mass is 16.5. The second-order valence-electron chi connectivity index (χ2n) is 7.61. The minimum absolute atomic E-state index is 0. The van der Waals surface area contributed by atoms with Crippen LogP contribution in [0.15, 0.2) is 48.5 Å². The fourth-order valence-corrected chi connectivity index (χ4v) is 2.90. The smallest absolute Gasteiger partial charge is 0.326 e. The Hall–Kier alpha value is -4.73. The van der Waals surface area contributed by atoms with Crippen molar-refractivity contribution in [3.05, 3.63) is 70.8 Å². The number of nitrogens with one attached hydrogen (secondary N) is 3. The molecule has 2 rings (SSSR count). The van der Waals surface area contributed by atoms with Gasteiger partial charge < -0.3 is 26.6 Å². The number of primary amides is 1. The molecule has 3 atom stereocenters. The Morgan fingerprint density at radius 1 is 0.865 bits per heavy atom. The first-order valence-electron chi connectivity index (χ1n) is 10.5. The molecule has 0 fully saturated rings. The van der Waals surface area contributed by atoms with Crippen LogP contribution in [0.2, 0.25) is 0 Å². The molecule has 0 aromatic heterocycles. The fraction of sp³-hybridized carbons (Fsp3) is 0.240. The van der Waals surface area contributed by atoms with Gasteiger partial charge in [-0.2, -0.15) is 0 Å². The molecule has 0 saturated heterocycles. The Kier molecular flexibility index (Phi) is 11.4. The summed E-state index contributed by atoms with van der Waals surface area (Å²) in [6.07, 6.45) is -1.78. The molecule has 1 unspecified atom stereocenters. The van der Waals surface area contributed by atoms with E-state index in [-0.39, 0.29) is 18.6 Å². The quantitative estimate of drug-likeness (QED) is 0.135. The summed E-state index contributed by atoms with van der Waals surface area (Å²) >= 11 is 0. The molecule has 0 aliphatic carbocycles. The Morgan fingerprint density at radius 3 is 1.65 bits per heavy atom. The molecule has 0 spiro atoms. The lowest BCUT2D eigenvalue weighted by atomic mass is 10.1. The van der Waals surface area contributed by atoms with E-state index >= 15 is 0 Å². The van der Waals surface area contributed by atoms with E-state index in [2.05, 4.69) is 22.5 Å². The standard InChI is InChI=1S/C24H24N4O8.CH4/c1-13(29)20(23(33)28-36)27-22(32)17-10-6-15(7-11-17)3-2-14-4-8-16(9-5-14)21(31)26-18(24(34)35)12-19(25)30;/h4-11,13,18,20,29,36H,12H2,1H3,(H2,25,30)(H,26,31)(H,27,32)(H,28,33)(H,34,35);1H4/t13-,18?,20+;/m1./s1. The summed E-state index contributed by atoms with van der Waals surface area (Å²) in [5.41, 5.74) is 7.85. The number of carboxylic acid groups (broad SMARTS) is 1. The number of aliphatic hydroxyl groups excluding tert-OH is 1. The van der Waals surface area contributed by atoms with Crippen LogP contribution in [0.3, 0.4) is 0 Å². The van der Waals surface area contributed by atoms with E-state index < -0.39 is 54.2 Å². The fourth-order valence-electron chi connectivity index (χ4n) is 2.90. The zero-order valence-electron chi connectivity index (χ0n) is 19.0. The average Bonchev–Trinajstić information content (AvgIpc) is 2.85. The van der Waals surface area contributed by atoms with E-state index in [4.69, 9.17) is 16.0 Å². The Labute approximate surface area is 212 Å². The van der Waals surface area contributed by atoms with Crippen molar-refractivity contribution < 1.29 is 39.4 Å². The maximum absolute atomic E-state index is 12.3. The number of hydroxylamine groups is 1. The van der Waals surface area contributed by atoms with Gasteiger partial charge in [0.1, 0.15) is 12.1 Å². The van der Waals surface area contributed by atoms with E-state index in [1.165, 1.54) is 36.7 Å². The van der Waals surface area contributed by atoms with Crippen LogP contribution in [0.25, 0.3) is 0 Å². The summed E-state index contributed by atoms with van der Waals surface area (Å²) in [4.78, 5) is 58.2. The zero-order chi connectivity index (χ0) is 26.8. The highest BCUT2D eigenvalue weighted by Gasteiger charge is 2.26. The van der Waals surface area contributed by atoms with Crippen LogP contribution >= 0.6 is 0 Å². The molecule has 12 nitrogen and oxygen atoms in total. The van der Waals surface area contributed by atoms with Crippen LogP contribution in [0, 0.1) is 11.8 Å². The van der Waals surface area contributed by atoms with Crippen molar-refractivity contribution >= 4 is 29.6 Å². The number of hydrogen-bond acceptors (Lipinski definition) is 7. The highest BCUT2D eigenvalue weighted by Crippen LogP contribution is 2.08. The number of nitrogens with two attached hydrogens (primary N) is 1.